The molecule has 27 heavy (non-hydrogen) atoms. The first-order valence-corrected chi connectivity index (χ1v) is 10.4. The van der Waals surface area contributed by atoms with Gasteiger partial charge in [-0.2, -0.15) is 0 Å². The van der Waals surface area contributed by atoms with Crippen LogP contribution < -0.4 is 0 Å². The van der Waals surface area contributed by atoms with Gasteiger partial charge in [-0.3, -0.25) is 4.79 Å². The summed E-state index contributed by atoms with van der Waals surface area (Å²) in [6, 6.07) is 0. The molecule has 156 valence electrons. The molecule has 0 radical (unpaired) electrons. The summed E-state index contributed by atoms with van der Waals surface area (Å²) in [5, 5.41) is 0. The average Bonchev–Trinajstić information content (AvgIpc) is 2.65. The van der Waals surface area contributed by atoms with Crippen molar-refractivity contribution in [3.63, 3.8) is 0 Å². The third kappa shape index (κ3) is 19.2. The van der Waals surface area contributed by atoms with Crippen molar-refractivity contribution in [3.05, 3.63) is 36.5 Å². The molecule has 0 saturated carbocycles. The summed E-state index contributed by atoms with van der Waals surface area (Å²) in [5.41, 5.74) is 0. The molecule has 0 amide bonds. The fourth-order valence-electron chi connectivity index (χ4n) is 2.55. The van der Waals surface area contributed by atoms with Crippen molar-refractivity contribution in [1.82, 2.24) is 0 Å². The number of hydrogen-bond acceptors (Lipinski definition) is 4. The van der Waals surface area contributed by atoms with Crippen LogP contribution in [0.4, 0.5) is 0 Å². The highest BCUT2D eigenvalue weighted by Crippen LogP contribution is 2.05. The molecule has 0 aromatic rings. The maximum absolute atomic E-state index is 11.8. The number of carbonyl (C=O) groups is 1. The van der Waals surface area contributed by atoms with E-state index in [2.05, 4.69) is 43.4 Å². The SMILES string of the molecule is CCCCC/C=C\C/C=C\C/C=C\CCCCC(=O)OC(COC)COC. The Kier molecular flexibility index (Phi) is 19.8. The molecule has 0 fully saturated rings. The van der Waals surface area contributed by atoms with Crippen LogP contribution in [0.15, 0.2) is 36.5 Å². The van der Waals surface area contributed by atoms with E-state index in [1.54, 1.807) is 14.2 Å². The van der Waals surface area contributed by atoms with E-state index < -0.39 is 0 Å². The maximum atomic E-state index is 11.8. The van der Waals surface area contributed by atoms with Crippen molar-refractivity contribution in [2.75, 3.05) is 27.4 Å². The number of allylic oxidation sites excluding steroid dienone is 6. The largest absolute Gasteiger partial charge is 0.457 e. The molecule has 4 heteroatoms. The molecule has 0 atom stereocenters. The van der Waals surface area contributed by atoms with Crippen molar-refractivity contribution in [3.8, 4) is 0 Å². The van der Waals surface area contributed by atoms with Crippen molar-refractivity contribution in [2.24, 2.45) is 0 Å². The molecule has 0 saturated heterocycles. The molecule has 0 spiro atoms. The van der Waals surface area contributed by atoms with Gasteiger partial charge in [0.1, 0.15) is 6.10 Å². The number of carbonyl (C=O) groups excluding carboxylic acids is 1. The van der Waals surface area contributed by atoms with Crippen LogP contribution in [0.25, 0.3) is 0 Å². The molecule has 0 aromatic carbocycles. The predicted octanol–water partition coefficient (Wildman–Crippen LogP) is 5.78. The minimum atomic E-state index is -0.314. The van der Waals surface area contributed by atoms with Crippen LogP contribution in [0.3, 0.4) is 0 Å². The average molecular weight is 381 g/mol. The summed E-state index contributed by atoms with van der Waals surface area (Å²) in [6.07, 6.45) is 23.4. The molecule has 0 unspecified atom stereocenters. The smallest absolute Gasteiger partial charge is 0.306 e. The van der Waals surface area contributed by atoms with E-state index in [4.69, 9.17) is 14.2 Å². The van der Waals surface area contributed by atoms with Crippen LogP contribution in [0.1, 0.15) is 71.1 Å². The lowest BCUT2D eigenvalue weighted by molar-refractivity contribution is -0.154. The molecule has 0 N–H and O–H groups in total. The van der Waals surface area contributed by atoms with Gasteiger partial charge in [0.25, 0.3) is 0 Å². The van der Waals surface area contributed by atoms with Gasteiger partial charge < -0.3 is 14.2 Å². The molecule has 0 aliphatic heterocycles. The third-order valence-corrected chi connectivity index (χ3v) is 4.02. The van der Waals surface area contributed by atoms with Gasteiger partial charge in [-0.05, 0) is 44.9 Å². The van der Waals surface area contributed by atoms with Gasteiger partial charge >= 0.3 is 5.97 Å². The molecule has 0 aromatic heterocycles. The van der Waals surface area contributed by atoms with E-state index in [1.165, 1.54) is 25.7 Å². The number of rotatable bonds is 18. The number of hydrogen-bond donors (Lipinski definition) is 0. The Bertz CT molecular complexity index is 407. The fourth-order valence-corrected chi connectivity index (χ4v) is 2.55. The molecule has 0 aliphatic rings. The Labute approximate surface area is 166 Å². The molecule has 0 aliphatic carbocycles. The number of unbranched alkanes of at least 4 members (excludes halogenated alkanes) is 5. The highest BCUT2D eigenvalue weighted by Gasteiger charge is 2.13. The molecule has 0 bridgehead atoms. The second-order valence-electron chi connectivity index (χ2n) is 6.65. The second kappa shape index (κ2) is 20.9. The standard InChI is InChI=1S/C23H40O4/c1-4-5-6-7-8-9-10-11-12-13-14-15-16-17-18-19-23(24)27-22(20-25-2)21-26-3/h8-9,11-12,14-15,22H,4-7,10,13,16-21H2,1-3H3/b9-8-,12-11-,15-14-. The minimum absolute atomic E-state index is 0.177. The van der Waals surface area contributed by atoms with Crippen LogP contribution in [0, 0.1) is 0 Å². The Morgan fingerprint density at radius 2 is 1.30 bits per heavy atom. The summed E-state index contributed by atoms with van der Waals surface area (Å²) >= 11 is 0. The van der Waals surface area contributed by atoms with Gasteiger partial charge in [0.2, 0.25) is 0 Å². The lowest BCUT2D eigenvalue weighted by Crippen LogP contribution is -2.27. The van der Waals surface area contributed by atoms with Crippen molar-refractivity contribution < 1.29 is 19.0 Å². The van der Waals surface area contributed by atoms with E-state index in [9.17, 15) is 4.79 Å². The summed E-state index contributed by atoms with van der Waals surface area (Å²) in [4.78, 5) is 11.8. The molecule has 0 rings (SSSR count). The van der Waals surface area contributed by atoms with Crippen molar-refractivity contribution in [2.45, 2.75) is 77.2 Å². The first-order valence-electron chi connectivity index (χ1n) is 10.4. The predicted molar refractivity (Wildman–Crippen MR) is 113 cm³/mol. The summed E-state index contributed by atoms with van der Waals surface area (Å²) in [5.74, 6) is -0.177. The first-order chi connectivity index (χ1) is 13.2. The second-order valence-corrected chi connectivity index (χ2v) is 6.65. The van der Waals surface area contributed by atoms with E-state index in [1.807, 2.05) is 0 Å². The monoisotopic (exact) mass is 380 g/mol. The molecule has 4 nitrogen and oxygen atoms in total. The zero-order valence-corrected chi connectivity index (χ0v) is 17.7. The van der Waals surface area contributed by atoms with E-state index >= 15 is 0 Å². The Morgan fingerprint density at radius 1 is 0.778 bits per heavy atom. The summed E-state index contributed by atoms with van der Waals surface area (Å²) in [6.45, 7) is 2.96. The lowest BCUT2D eigenvalue weighted by atomic mass is 10.1. The highest BCUT2D eigenvalue weighted by atomic mass is 16.6. The number of methoxy groups -OCH3 is 2. The number of ether oxygens (including phenoxy) is 3. The van der Waals surface area contributed by atoms with Gasteiger partial charge in [0.15, 0.2) is 0 Å². The van der Waals surface area contributed by atoms with Crippen molar-refractivity contribution in [1.29, 1.82) is 0 Å². The topological polar surface area (TPSA) is 44.8 Å². The van der Waals surface area contributed by atoms with Crippen molar-refractivity contribution >= 4 is 5.97 Å². The zero-order valence-electron chi connectivity index (χ0n) is 17.7. The zero-order chi connectivity index (χ0) is 20.0. The quantitative estimate of drug-likeness (QED) is 0.172. The molecular formula is C23H40O4. The Balaban J connectivity index is 3.58. The number of esters is 1. The maximum Gasteiger partial charge on any atom is 0.306 e. The fraction of sp³-hybridized carbons (Fsp3) is 0.696. The lowest BCUT2D eigenvalue weighted by Gasteiger charge is -2.15. The van der Waals surface area contributed by atoms with Gasteiger partial charge in [0, 0.05) is 20.6 Å². The van der Waals surface area contributed by atoms with E-state index in [0.717, 1.165) is 32.1 Å². The normalized spacial score (nSPS) is 12.1. The van der Waals surface area contributed by atoms with Crippen LogP contribution in [0.5, 0.6) is 0 Å². The van der Waals surface area contributed by atoms with Gasteiger partial charge in [0.05, 0.1) is 13.2 Å². The van der Waals surface area contributed by atoms with Gasteiger partial charge in [-0.15, -0.1) is 0 Å². The van der Waals surface area contributed by atoms with Gasteiger partial charge in [-0.25, -0.2) is 0 Å². The van der Waals surface area contributed by atoms with E-state index in [0.29, 0.717) is 19.6 Å². The Morgan fingerprint density at radius 3 is 1.81 bits per heavy atom. The first kappa shape index (κ1) is 25.6. The van der Waals surface area contributed by atoms with Crippen LogP contribution in [-0.2, 0) is 19.0 Å². The minimum Gasteiger partial charge on any atom is -0.457 e. The van der Waals surface area contributed by atoms with Crippen LogP contribution >= 0.6 is 0 Å². The van der Waals surface area contributed by atoms with Gasteiger partial charge in [-0.1, -0.05) is 56.2 Å². The summed E-state index contributed by atoms with van der Waals surface area (Å²) in [7, 11) is 3.17. The molecule has 0 heterocycles. The Hall–Kier alpha value is -1.39. The molecular weight excluding hydrogens is 340 g/mol. The summed E-state index contributed by atoms with van der Waals surface area (Å²) < 4.78 is 15.4. The van der Waals surface area contributed by atoms with E-state index in [-0.39, 0.29) is 12.1 Å². The van der Waals surface area contributed by atoms with Crippen LogP contribution in [-0.4, -0.2) is 39.5 Å². The van der Waals surface area contributed by atoms with Crippen LogP contribution in [0.2, 0.25) is 0 Å². The third-order valence-electron chi connectivity index (χ3n) is 4.02. The highest BCUT2D eigenvalue weighted by molar-refractivity contribution is 5.69.